The second kappa shape index (κ2) is 7.85. The van der Waals surface area contributed by atoms with Gasteiger partial charge in [-0.1, -0.05) is 20.8 Å². The Balaban J connectivity index is 2.57. The lowest BCUT2D eigenvalue weighted by atomic mass is 10.0. The predicted octanol–water partition coefficient (Wildman–Crippen LogP) is 3.30. The molecule has 0 saturated heterocycles. The van der Waals surface area contributed by atoms with Crippen molar-refractivity contribution in [3.63, 3.8) is 0 Å². The fourth-order valence-electron chi connectivity index (χ4n) is 2.14. The molecular formula is C14H27N3S. The first kappa shape index (κ1) is 15.6. The summed E-state index contributed by atoms with van der Waals surface area (Å²) in [6, 6.07) is 0. The molecule has 4 heteroatoms. The van der Waals surface area contributed by atoms with Crippen LogP contribution in [0.3, 0.4) is 0 Å². The Morgan fingerprint density at radius 3 is 2.61 bits per heavy atom. The summed E-state index contributed by atoms with van der Waals surface area (Å²) in [5, 5.41) is 3.39. The molecule has 0 saturated carbocycles. The van der Waals surface area contributed by atoms with Crippen molar-refractivity contribution in [2.24, 2.45) is 0 Å². The monoisotopic (exact) mass is 269 g/mol. The first-order chi connectivity index (χ1) is 8.69. The zero-order valence-electron chi connectivity index (χ0n) is 12.2. The van der Waals surface area contributed by atoms with Crippen molar-refractivity contribution >= 4 is 11.8 Å². The molecule has 3 nitrogen and oxygen atoms in total. The van der Waals surface area contributed by atoms with Crippen LogP contribution in [0.1, 0.15) is 45.7 Å². The molecular weight excluding hydrogens is 242 g/mol. The van der Waals surface area contributed by atoms with Crippen molar-refractivity contribution < 1.29 is 0 Å². The SMILES string of the molecule is CCCNCc1cn(CC(CC)(CC)SC)cn1. The number of aromatic nitrogens is 2. The molecule has 0 aliphatic heterocycles. The molecule has 1 N–H and O–H groups in total. The smallest absolute Gasteiger partial charge is 0.0950 e. The maximum absolute atomic E-state index is 4.47. The highest BCUT2D eigenvalue weighted by atomic mass is 32.2. The third kappa shape index (κ3) is 4.32. The number of nitrogens with one attached hydrogen (secondary N) is 1. The lowest BCUT2D eigenvalue weighted by molar-refractivity contribution is 0.466. The number of imidazole rings is 1. The first-order valence-electron chi connectivity index (χ1n) is 6.96. The van der Waals surface area contributed by atoms with Crippen molar-refractivity contribution in [2.45, 2.75) is 57.9 Å². The molecule has 0 spiro atoms. The first-order valence-corrected chi connectivity index (χ1v) is 8.18. The van der Waals surface area contributed by atoms with E-state index in [1.807, 2.05) is 18.1 Å². The van der Waals surface area contributed by atoms with E-state index >= 15 is 0 Å². The third-order valence-corrected chi connectivity index (χ3v) is 5.18. The fourth-order valence-corrected chi connectivity index (χ4v) is 2.99. The van der Waals surface area contributed by atoms with Crippen LogP contribution in [0.5, 0.6) is 0 Å². The van der Waals surface area contributed by atoms with Gasteiger partial charge in [0.1, 0.15) is 0 Å². The van der Waals surface area contributed by atoms with Gasteiger partial charge in [0.2, 0.25) is 0 Å². The fraction of sp³-hybridized carbons (Fsp3) is 0.786. The van der Waals surface area contributed by atoms with Gasteiger partial charge in [-0.15, -0.1) is 0 Å². The summed E-state index contributed by atoms with van der Waals surface area (Å²) in [6.45, 7) is 9.74. The highest BCUT2D eigenvalue weighted by Gasteiger charge is 2.25. The molecule has 0 radical (unpaired) electrons. The van der Waals surface area contributed by atoms with Crippen molar-refractivity contribution in [3.8, 4) is 0 Å². The van der Waals surface area contributed by atoms with E-state index in [-0.39, 0.29) is 0 Å². The van der Waals surface area contributed by atoms with Gasteiger partial charge in [-0.05, 0) is 32.1 Å². The standard InChI is InChI=1S/C14H27N3S/c1-5-8-15-9-13-10-17(12-16-13)11-14(6-2,7-3)18-4/h10,12,15H,5-9,11H2,1-4H3. The van der Waals surface area contributed by atoms with E-state index in [1.54, 1.807) is 0 Å². The molecule has 104 valence electrons. The summed E-state index contributed by atoms with van der Waals surface area (Å²) in [5.74, 6) is 0. The van der Waals surface area contributed by atoms with E-state index in [0.29, 0.717) is 4.75 Å². The van der Waals surface area contributed by atoms with Gasteiger partial charge in [0.25, 0.3) is 0 Å². The van der Waals surface area contributed by atoms with E-state index in [9.17, 15) is 0 Å². The molecule has 0 aliphatic carbocycles. The minimum atomic E-state index is 0.356. The summed E-state index contributed by atoms with van der Waals surface area (Å²) in [4.78, 5) is 4.47. The maximum Gasteiger partial charge on any atom is 0.0950 e. The molecule has 1 heterocycles. The number of thioether (sulfide) groups is 1. The summed E-state index contributed by atoms with van der Waals surface area (Å²) >= 11 is 1.98. The summed E-state index contributed by atoms with van der Waals surface area (Å²) in [6.07, 6.45) is 9.94. The highest BCUT2D eigenvalue weighted by molar-refractivity contribution is 8.00. The minimum Gasteiger partial charge on any atom is -0.336 e. The molecule has 1 aromatic heterocycles. The van der Waals surface area contributed by atoms with Crippen molar-refractivity contribution in [3.05, 3.63) is 18.2 Å². The molecule has 0 atom stereocenters. The summed E-state index contributed by atoms with van der Waals surface area (Å²) in [7, 11) is 0. The summed E-state index contributed by atoms with van der Waals surface area (Å²) in [5.41, 5.74) is 1.14. The average molecular weight is 269 g/mol. The minimum absolute atomic E-state index is 0.356. The molecule has 0 bridgehead atoms. The Morgan fingerprint density at radius 2 is 2.06 bits per heavy atom. The largest absolute Gasteiger partial charge is 0.336 e. The normalized spacial score (nSPS) is 12.0. The van der Waals surface area contributed by atoms with Crippen LogP contribution in [-0.2, 0) is 13.1 Å². The number of hydrogen-bond acceptors (Lipinski definition) is 3. The van der Waals surface area contributed by atoms with Gasteiger partial charge < -0.3 is 9.88 Å². The Kier molecular flexibility index (Phi) is 6.79. The van der Waals surface area contributed by atoms with E-state index < -0.39 is 0 Å². The van der Waals surface area contributed by atoms with Gasteiger partial charge in [-0.3, -0.25) is 0 Å². The Labute approximate surface area is 116 Å². The zero-order chi connectivity index (χ0) is 13.4. The van der Waals surface area contributed by atoms with Crippen LogP contribution in [0, 0.1) is 0 Å². The van der Waals surface area contributed by atoms with Gasteiger partial charge in [0.05, 0.1) is 12.0 Å². The van der Waals surface area contributed by atoms with Crippen LogP contribution < -0.4 is 5.32 Å². The number of rotatable bonds is 9. The quantitative estimate of drug-likeness (QED) is 0.698. The second-order valence-electron chi connectivity index (χ2n) is 4.81. The molecule has 0 aromatic carbocycles. The lowest BCUT2D eigenvalue weighted by Crippen LogP contribution is -2.28. The molecule has 0 unspecified atom stereocenters. The van der Waals surface area contributed by atoms with Crippen LogP contribution >= 0.6 is 11.8 Å². The van der Waals surface area contributed by atoms with Crippen LogP contribution in [0.2, 0.25) is 0 Å². The highest BCUT2D eigenvalue weighted by Crippen LogP contribution is 2.32. The van der Waals surface area contributed by atoms with Crippen LogP contribution in [0.25, 0.3) is 0 Å². The lowest BCUT2D eigenvalue weighted by Gasteiger charge is -2.29. The Bertz CT molecular complexity index is 323. The topological polar surface area (TPSA) is 29.9 Å². The van der Waals surface area contributed by atoms with Crippen LogP contribution in [0.4, 0.5) is 0 Å². The van der Waals surface area contributed by atoms with Gasteiger partial charge in [0.15, 0.2) is 0 Å². The molecule has 1 aromatic rings. The van der Waals surface area contributed by atoms with Crippen molar-refractivity contribution in [1.29, 1.82) is 0 Å². The van der Waals surface area contributed by atoms with Gasteiger partial charge in [0, 0.05) is 24.0 Å². The Morgan fingerprint density at radius 1 is 1.33 bits per heavy atom. The molecule has 0 amide bonds. The molecule has 0 aliphatic rings. The van der Waals surface area contributed by atoms with E-state index in [1.165, 1.54) is 19.3 Å². The van der Waals surface area contributed by atoms with Crippen molar-refractivity contribution in [2.75, 3.05) is 12.8 Å². The predicted molar refractivity (Wildman–Crippen MR) is 81.1 cm³/mol. The maximum atomic E-state index is 4.47. The Hall–Kier alpha value is -0.480. The third-order valence-electron chi connectivity index (χ3n) is 3.61. The zero-order valence-corrected chi connectivity index (χ0v) is 13.0. The van der Waals surface area contributed by atoms with Crippen LogP contribution in [0.15, 0.2) is 12.5 Å². The van der Waals surface area contributed by atoms with Crippen molar-refractivity contribution in [1.82, 2.24) is 14.9 Å². The second-order valence-corrected chi connectivity index (χ2v) is 6.08. The molecule has 18 heavy (non-hydrogen) atoms. The number of nitrogens with zero attached hydrogens (tertiary/aromatic N) is 2. The average Bonchev–Trinajstić information content (AvgIpc) is 2.84. The van der Waals surface area contributed by atoms with E-state index in [4.69, 9.17) is 0 Å². The number of hydrogen-bond donors (Lipinski definition) is 1. The van der Waals surface area contributed by atoms with Gasteiger partial charge >= 0.3 is 0 Å². The van der Waals surface area contributed by atoms with E-state index in [2.05, 4.69) is 48.1 Å². The van der Waals surface area contributed by atoms with Gasteiger partial charge in [-0.2, -0.15) is 11.8 Å². The molecule has 0 fully saturated rings. The molecule has 1 rings (SSSR count). The van der Waals surface area contributed by atoms with E-state index in [0.717, 1.165) is 25.3 Å². The van der Waals surface area contributed by atoms with Gasteiger partial charge in [-0.25, -0.2) is 4.98 Å². The van der Waals surface area contributed by atoms with Crippen LogP contribution in [-0.4, -0.2) is 27.1 Å². The summed E-state index contributed by atoms with van der Waals surface area (Å²) < 4.78 is 2.60.